The molecular formula is C12H14BrF2NO. The van der Waals surface area contributed by atoms with Crippen molar-refractivity contribution >= 4 is 22.0 Å². The lowest BCUT2D eigenvalue weighted by molar-refractivity contribution is -0.0499. The molecule has 0 amide bonds. The number of benzene rings is 1. The summed E-state index contributed by atoms with van der Waals surface area (Å²) in [5.41, 5.74) is 0.623. The first-order valence-electron chi connectivity index (χ1n) is 5.25. The van der Waals surface area contributed by atoms with Gasteiger partial charge < -0.3 is 10.1 Å². The molecule has 5 heteroatoms. The van der Waals surface area contributed by atoms with E-state index in [-0.39, 0.29) is 5.75 Å². The lowest BCUT2D eigenvalue weighted by Crippen LogP contribution is -2.11. The summed E-state index contributed by atoms with van der Waals surface area (Å²) in [6.45, 7) is 0.746. The summed E-state index contributed by atoms with van der Waals surface area (Å²) < 4.78 is 29.6. The molecule has 1 aromatic carbocycles. The van der Waals surface area contributed by atoms with Gasteiger partial charge in [-0.2, -0.15) is 8.78 Å². The third-order valence-corrected chi connectivity index (χ3v) is 2.49. The summed E-state index contributed by atoms with van der Waals surface area (Å²) in [5, 5.41) is 3.11. The van der Waals surface area contributed by atoms with E-state index in [0.29, 0.717) is 12.1 Å². The fourth-order valence-corrected chi connectivity index (χ4v) is 1.65. The van der Waals surface area contributed by atoms with E-state index in [0.717, 1.165) is 11.0 Å². The molecule has 0 saturated heterocycles. The van der Waals surface area contributed by atoms with Gasteiger partial charge in [0.2, 0.25) is 0 Å². The average Bonchev–Trinajstić information content (AvgIpc) is 2.27. The van der Waals surface area contributed by atoms with Gasteiger partial charge in [0.1, 0.15) is 5.75 Å². The number of hydrogen-bond acceptors (Lipinski definition) is 2. The molecule has 0 aliphatic heterocycles. The lowest BCUT2D eigenvalue weighted by atomic mass is 10.2. The Labute approximate surface area is 108 Å². The molecule has 2 nitrogen and oxygen atoms in total. The van der Waals surface area contributed by atoms with Crippen LogP contribution in [0.25, 0.3) is 6.08 Å². The molecule has 0 aliphatic rings. The molecule has 17 heavy (non-hydrogen) atoms. The molecule has 1 aromatic rings. The van der Waals surface area contributed by atoms with E-state index in [1.807, 2.05) is 13.0 Å². The lowest BCUT2D eigenvalue weighted by Gasteiger charge is -2.08. The van der Waals surface area contributed by atoms with E-state index in [9.17, 15) is 8.78 Å². The van der Waals surface area contributed by atoms with Gasteiger partial charge in [-0.15, -0.1) is 0 Å². The topological polar surface area (TPSA) is 21.3 Å². The SMILES string of the molecule is CCNCC=Cc1cc(Br)ccc1OC(F)F. The zero-order valence-electron chi connectivity index (χ0n) is 9.42. The fourth-order valence-electron chi connectivity index (χ4n) is 1.27. The average molecular weight is 306 g/mol. The largest absolute Gasteiger partial charge is 0.434 e. The Morgan fingerprint density at radius 3 is 2.88 bits per heavy atom. The molecule has 0 heterocycles. The molecule has 0 bridgehead atoms. The monoisotopic (exact) mass is 305 g/mol. The van der Waals surface area contributed by atoms with Crippen LogP contribution in [0, 0.1) is 0 Å². The quantitative estimate of drug-likeness (QED) is 0.810. The van der Waals surface area contributed by atoms with Crippen LogP contribution in [0.3, 0.4) is 0 Å². The van der Waals surface area contributed by atoms with Crippen molar-refractivity contribution in [2.45, 2.75) is 13.5 Å². The van der Waals surface area contributed by atoms with Crippen LogP contribution in [0.2, 0.25) is 0 Å². The van der Waals surface area contributed by atoms with Gasteiger partial charge >= 0.3 is 6.61 Å². The Bertz CT molecular complexity index is 383. The van der Waals surface area contributed by atoms with E-state index < -0.39 is 6.61 Å². The van der Waals surface area contributed by atoms with Crippen LogP contribution in [0.5, 0.6) is 5.75 Å². The van der Waals surface area contributed by atoms with Gasteiger partial charge in [-0.05, 0) is 24.7 Å². The van der Waals surface area contributed by atoms with Gasteiger partial charge in [0.15, 0.2) is 0 Å². The van der Waals surface area contributed by atoms with Crippen LogP contribution in [-0.2, 0) is 0 Å². The van der Waals surface area contributed by atoms with Gasteiger partial charge in [-0.3, -0.25) is 0 Å². The number of halogens is 3. The maximum Gasteiger partial charge on any atom is 0.387 e. The molecule has 0 atom stereocenters. The maximum atomic E-state index is 12.2. The second kappa shape index (κ2) is 7.40. The van der Waals surface area contributed by atoms with Crippen molar-refractivity contribution in [3.8, 4) is 5.75 Å². The number of likely N-dealkylation sites (N-methyl/N-ethyl adjacent to an activating group) is 1. The third-order valence-electron chi connectivity index (χ3n) is 2.00. The standard InChI is InChI=1S/C12H14BrF2NO/c1-2-16-7-3-4-9-8-10(13)5-6-11(9)17-12(14)15/h3-6,8,12,16H,2,7H2,1H3. The van der Waals surface area contributed by atoms with Crippen molar-refractivity contribution in [1.29, 1.82) is 0 Å². The molecule has 0 saturated carbocycles. The fraction of sp³-hybridized carbons (Fsp3) is 0.333. The summed E-state index contributed by atoms with van der Waals surface area (Å²) in [7, 11) is 0. The van der Waals surface area contributed by atoms with Crippen molar-refractivity contribution in [3.63, 3.8) is 0 Å². The highest BCUT2D eigenvalue weighted by atomic mass is 79.9. The summed E-state index contributed by atoms with van der Waals surface area (Å²) in [6, 6.07) is 4.92. The van der Waals surface area contributed by atoms with Crippen molar-refractivity contribution in [2.24, 2.45) is 0 Å². The van der Waals surface area contributed by atoms with Crippen molar-refractivity contribution in [1.82, 2.24) is 5.32 Å². The Hall–Kier alpha value is -0.940. The van der Waals surface area contributed by atoms with Crippen LogP contribution in [-0.4, -0.2) is 19.7 Å². The number of alkyl halides is 2. The normalized spacial score (nSPS) is 11.4. The molecule has 0 aromatic heterocycles. The predicted molar refractivity (Wildman–Crippen MR) is 68.4 cm³/mol. The highest BCUT2D eigenvalue weighted by Gasteiger charge is 2.07. The zero-order chi connectivity index (χ0) is 12.7. The van der Waals surface area contributed by atoms with Crippen molar-refractivity contribution < 1.29 is 13.5 Å². The van der Waals surface area contributed by atoms with E-state index >= 15 is 0 Å². The number of nitrogens with one attached hydrogen (secondary N) is 1. The highest BCUT2D eigenvalue weighted by Crippen LogP contribution is 2.25. The first kappa shape index (κ1) is 14.1. The van der Waals surface area contributed by atoms with Crippen LogP contribution in [0.4, 0.5) is 8.78 Å². The number of hydrogen-bond donors (Lipinski definition) is 1. The maximum absolute atomic E-state index is 12.2. The minimum Gasteiger partial charge on any atom is -0.434 e. The Balaban J connectivity index is 2.79. The molecule has 0 radical (unpaired) electrons. The van der Waals surface area contributed by atoms with Crippen LogP contribution in [0.1, 0.15) is 12.5 Å². The molecule has 0 aliphatic carbocycles. The van der Waals surface area contributed by atoms with Gasteiger partial charge in [0, 0.05) is 16.6 Å². The Morgan fingerprint density at radius 1 is 1.47 bits per heavy atom. The van der Waals surface area contributed by atoms with Gasteiger partial charge in [0.25, 0.3) is 0 Å². The van der Waals surface area contributed by atoms with Crippen LogP contribution < -0.4 is 10.1 Å². The smallest absolute Gasteiger partial charge is 0.387 e. The summed E-state index contributed by atoms with van der Waals surface area (Å²) in [5.74, 6) is 0.177. The van der Waals surface area contributed by atoms with Gasteiger partial charge in [-0.1, -0.05) is 35.0 Å². The first-order chi connectivity index (χ1) is 8.13. The summed E-state index contributed by atoms with van der Waals surface area (Å²) >= 11 is 3.29. The first-order valence-corrected chi connectivity index (χ1v) is 6.04. The van der Waals surface area contributed by atoms with Gasteiger partial charge in [-0.25, -0.2) is 0 Å². The van der Waals surface area contributed by atoms with E-state index in [2.05, 4.69) is 26.0 Å². The molecule has 0 unspecified atom stereocenters. The van der Waals surface area contributed by atoms with E-state index in [1.165, 1.54) is 6.07 Å². The summed E-state index contributed by atoms with van der Waals surface area (Å²) in [4.78, 5) is 0. The van der Waals surface area contributed by atoms with Crippen LogP contribution in [0.15, 0.2) is 28.7 Å². The minimum atomic E-state index is -2.81. The van der Waals surface area contributed by atoms with Crippen molar-refractivity contribution in [3.05, 3.63) is 34.3 Å². The molecule has 94 valence electrons. The molecule has 1 rings (SSSR count). The Morgan fingerprint density at radius 2 is 2.24 bits per heavy atom. The molecular weight excluding hydrogens is 292 g/mol. The van der Waals surface area contributed by atoms with E-state index in [1.54, 1.807) is 18.2 Å². The van der Waals surface area contributed by atoms with E-state index in [4.69, 9.17) is 0 Å². The minimum absolute atomic E-state index is 0.177. The highest BCUT2D eigenvalue weighted by molar-refractivity contribution is 9.10. The van der Waals surface area contributed by atoms with Gasteiger partial charge in [0.05, 0.1) is 0 Å². The predicted octanol–water partition coefficient (Wildman–Crippen LogP) is 3.67. The molecule has 0 spiro atoms. The zero-order valence-corrected chi connectivity index (χ0v) is 11.0. The molecule has 1 N–H and O–H groups in total. The second-order valence-electron chi connectivity index (χ2n) is 3.27. The van der Waals surface area contributed by atoms with Crippen molar-refractivity contribution in [2.75, 3.05) is 13.1 Å². The van der Waals surface area contributed by atoms with Crippen LogP contribution >= 0.6 is 15.9 Å². The molecule has 0 fully saturated rings. The second-order valence-corrected chi connectivity index (χ2v) is 4.19. The third kappa shape index (κ3) is 5.28. The number of ether oxygens (including phenoxy) is 1. The summed E-state index contributed by atoms with van der Waals surface area (Å²) in [6.07, 6.45) is 3.62. The number of rotatable bonds is 6. The Kier molecular flexibility index (Phi) is 6.15.